The number of para-hydroxylation sites is 1. The lowest BCUT2D eigenvalue weighted by atomic mass is 9.99. The van der Waals surface area contributed by atoms with Crippen LogP contribution < -0.4 is 0 Å². The van der Waals surface area contributed by atoms with Gasteiger partial charge in [-0.25, -0.2) is 0 Å². The van der Waals surface area contributed by atoms with Gasteiger partial charge in [0.15, 0.2) is 0 Å². The zero-order valence-electron chi connectivity index (χ0n) is 9.91. The SMILES string of the molecule is CCc1nn(C)c2c(C(C)C)cccc12. The van der Waals surface area contributed by atoms with Crippen LogP contribution in [0.1, 0.15) is 37.9 Å². The highest BCUT2D eigenvalue weighted by atomic mass is 15.3. The summed E-state index contributed by atoms with van der Waals surface area (Å²) in [5.41, 5.74) is 3.89. The number of fused-ring (bicyclic) bond motifs is 1. The van der Waals surface area contributed by atoms with Gasteiger partial charge in [0.05, 0.1) is 11.2 Å². The van der Waals surface area contributed by atoms with Crippen molar-refractivity contribution >= 4 is 10.9 Å². The number of hydrogen-bond acceptors (Lipinski definition) is 1. The van der Waals surface area contributed by atoms with Gasteiger partial charge in [-0.3, -0.25) is 4.68 Å². The van der Waals surface area contributed by atoms with Crippen molar-refractivity contribution in [1.82, 2.24) is 9.78 Å². The van der Waals surface area contributed by atoms with Crippen molar-refractivity contribution in [2.45, 2.75) is 33.1 Å². The van der Waals surface area contributed by atoms with E-state index in [2.05, 4.69) is 44.1 Å². The summed E-state index contributed by atoms with van der Waals surface area (Å²) in [7, 11) is 2.04. The molecule has 2 rings (SSSR count). The fraction of sp³-hybridized carbons (Fsp3) is 0.462. The van der Waals surface area contributed by atoms with Crippen molar-refractivity contribution < 1.29 is 0 Å². The van der Waals surface area contributed by atoms with E-state index in [1.165, 1.54) is 22.2 Å². The Morgan fingerprint density at radius 3 is 2.67 bits per heavy atom. The summed E-state index contributed by atoms with van der Waals surface area (Å²) in [4.78, 5) is 0. The summed E-state index contributed by atoms with van der Waals surface area (Å²) >= 11 is 0. The van der Waals surface area contributed by atoms with Gasteiger partial charge >= 0.3 is 0 Å². The molecule has 0 aliphatic rings. The van der Waals surface area contributed by atoms with Crippen molar-refractivity contribution in [3.8, 4) is 0 Å². The zero-order valence-corrected chi connectivity index (χ0v) is 9.91. The van der Waals surface area contributed by atoms with Gasteiger partial charge in [-0.05, 0) is 17.9 Å². The van der Waals surface area contributed by atoms with E-state index in [-0.39, 0.29) is 0 Å². The molecule has 80 valence electrons. The van der Waals surface area contributed by atoms with Gasteiger partial charge in [-0.1, -0.05) is 39.0 Å². The summed E-state index contributed by atoms with van der Waals surface area (Å²) in [6.45, 7) is 6.62. The van der Waals surface area contributed by atoms with Crippen LogP contribution in [0.4, 0.5) is 0 Å². The van der Waals surface area contributed by atoms with Crippen LogP contribution in [-0.4, -0.2) is 9.78 Å². The second-order valence-electron chi connectivity index (χ2n) is 4.32. The molecule has 0 unspecified atom stereocenters. The summed E-state index contributed by atoms with van der Waals surface area (Å²) in [5.74, 6) is 0.550. The van der Waals surface area contributed by atoms with Crippen LogP contribution in [0.5, 0.6) is 0 Å². The van der Waals surface area contributed by atoms with E-state index >= 15 is 0 Å². The van der Waals surface area contributed by atoms with E-state index in [1.54, 1.807) is 0 Å². The molecule has 2 aromatic rings. The smallest absolute Gasteiger partial charge is 0.0716 e. The molecule has 0 aliphatic heterocycles. The molecule has 0 spiro atoms. The molecule has 0 N–H and O–H groups in total. The van der Waals surface area contributed by atoms with E-state index in [4.69, 9.17) is 0 Å². The van der Waals surface area contributed by atoms with Gasteiger partial charge in [-0.2, -0.15) is 5.10 Å². The molecule has 15 heavy (non-hydrogen) atoms. The summed E-state index contributed by atoms with van der Waals surface area (Å²) < 4.78 is 2.02. The molecule has 1 heterocycles. The standard InChI is InChI=1S/C13H18N2/c1-5-12-11-8-6-7-10(9(2)3)13(11)15(4)14-12/h6-9H,5H2,1-4H3. The fourth-order valence-corrected chi connectivity index (χ4v) is 2.17. The second kappa shape index (κ2) is 3.69. The van der Waals surface area contributed by atoms with Crippen LogP contribution in [-0.2, 0) is 13.5 Å². The van der Waals surface area contributed by atoms with Crippen molar-refractivity contribution in [2.75, 3.05) is 0 Å². The third-order valence-electron chi connectivity index (χ3n) is 2.93. The highest BCUT2D eigenvalue weighted by Crippen LogP contribution is 2.27. The number of aromatic nitrogens is 2. The summed E-state index contributed by atoms with van der Waals surface area (Å²) in [6.07, 6.45) is 0.999. The summed E-state index contributed by atoms with van der Waals surface area (Å²) in [5, 5.41) is 5.88. The Morgan fingerprint density at radius 1 is 1.33 bits per heavy atom. The highest BCUT2D eigenvalue weighted by molar-refractivity contribution is 5.85. The lowest BCUT2D eigenvalue weighted by Crippen LogP contribution is -1.96. The Hall–Kier alpha value is -1.31. The first-order valence-electron chi connectivity index (χ1n) is 5.59. The Labute approximate surface area is 90.9 Å². The molecule has 0 bridgehead atoms. The monoisotopic (exact) mass is 202 g/mol. The van der Waals surface area contributed by atoms with E-state index in [0.29, 0.717) is 5.92 Å². The first kappa shape index (κ1) is 10.2. The quantitative estimate of drug-likeness (QED) is 0.731. The van der Waals surface area contributed by atoms with Crippen molar-refractivity contribution in [3.05, 3.63) is 29.5 Å². The van der Waals surface area contributed by atoms with Crippen LogP contribution in [0.2, 0.25) is 0 Å². The van der Waals surface area contributed by atoms with Crippen LogP contribution in [0.25, 0.3) is 10.9 Å². The van der Waals surface area contributed by atoms with Gasteiger partial charge < -0.3 is 0 Å². The molecule has 2 heteroatoms. The average Bonchev–Trinajstić information content (AvgIpc) is 2.55. The Kier molecular flexibility index (Phi) is 2.51. The van der Waals surface area contributed by atoms with E-state index in [9.17, 15) is 0 Å². The van der Waals surface area contributed by atoms with Crippen LogP contribution >= 0.6 is 0 Å². The predicted octanol–water partition coefficient (Wildman–Crippen LogP) is 3.26. The van der Waals surface area contributed by atoms with E-state index in [0.717, 1.165) is 6.42 Å². The third-order valence-corrected chi connectivity index (χ3v) is 2.93. The van der Waals surface area contributed by atoms with Gasteiger partial charge in [0.25, 0.3) is 0 Å². The molecular weight excluding hydrogens is 184 g/mol. The lowest BCUT2D eigenvalue weighted by Gasteiger charge is -2.07. The lowest BCUT2D eigenvalue weighted by molar-refractivity contribution is 0.758. The maximum Gasteiger partial charge on any atom is 0.0716 e. The minimum absolute atomic E-state index is 0.550. The predicted molar refractivity (Wildman–Crippen MR) is 64.2 cm³/mol. The van der Waals surface area contributed by atoms with Crippen molar-refractivity contribution in [1.29, 1.82) is 0 Å². The minimum Gasteiger partial charge on any atom is -0.267 e. The number of rotatable bonds is 2. The maximum atomic E-state index is 4.57. The molecular formula is C13H18N2. The molecule has 0 saturated carbocycles. The normalized spacial score (nSPS) is 11.5. The molecule has 0 fully saturated rings. The second-order valence-corrected chi connectivity index (χ2v) is 4.32. The zero-order chi connectivity index (χ0) is 11.0. The first-order chi connectivity index (χ1) is 7.15. The first-order valence-corrected chi connectivity index (χ1v) is 5.59. The minimum atomic E-state index is 0.550. The maximum absolute atomic E-state index is 4.57. The Balaban J connectivity index is 2.80. The number of aryl methyl sites for hydroxylation is 2. The van der Waals surface area contributed by atoms with Crippen LogP contribution in [0.3, 0.4) is 0 Å². The topological polar surface area (TPSA) is 17.8 Å². The molecule has 2 nitrogen and oxygen atoms in total. The van der Waals surface area contributed by atoms with Gasteiger partial charge in [-0.15, -0.1) is 0 Å². The number of nitrogens with zero attached hydrogens (tertiary/aromatic N) is 2. The molecule has 0 amide bonds. The molecule has 0 saturated heterocycles. The van der Waals surface area contributed by atoms with Crippen molar-refractivity contribution in [3.63, 3.8) is 0 Å². The van der Waals surface area contributed by atoms with Crippen molar-refractivity contribution in [2.24, 2.45) is 7.05 Å². The third kappa shape index (κ3) is 1.54. The molecule has 1 aromatic carbocycles. The molecule has 1 aromatic heterocycles. The highest BCUT2D eigenvalue weighted by Gasteiger charge is 2.12. The van der Waals surface area contributed by atoms with Gasteiger partial charge in [0.2, 0.25) is 0 Å². The summed E-state index contributed by atoms with van der Waals surface area (Å²) in [6, 6.07) is 6.51. The molecule has 0 aliphatic carbocycles. The van der Waals surface area contributed by atoms with Crippen LogP contribution in [0, 0.1) is 0 Å². The van der Waals surface area contributed by atoms with Gasteiger partial charge in [0.1, 0.15) is 0 Å². The average molecular weight is 202 g/mol. The fourth-order valence-electron chi connectivity index (χ4n) is 2.17. The van der Waals surface area contributed by atoms with E-state index < -0.39 is 0 Å². The Morgan fingerprint density at radius 2 is 2.07 bits per heavy atom. The molecule has 0 radical (unpaired) electrons. The van der Waals surface area contributed by atoms with Crippen LogP contribution in [0.15, 0.2) is 18.2 Å². The van der Waals surface area contributed by atoms with Gasteiger partial charge in [0, 0.05) is 12.4 Å². The number of benzene rings is 1. The largest absolute Gasteiger partial charge is 0.267 e. The number of hydrogen-bond donors (Lipinski definition) is 0. The van der Waals surface area contributed by atoms with E-state index in [1.807, 2.05) is 11.7 Å². The molecule has 0 atom stereocenters. The Bertz CT molecular complexity index is 480.